The highest BCUT2D eigenvalue weighted by molar-refractivity contribution is 5.96. The van der Waals surface area contributed by atoms with Gasteiger partial charge in [0.25, 0.3) is 5.91 Å². The molecule has 1 amide bonds. The zero-order valence-electron chi connectivity index (χ0n) is 13.4. The van der Waals surface area contributed by atoms with Gasteiger partial charge in [-0.1, -0.05) is 19.3 Å². The Morgan fingerprint density at radius 3 is 2.27 bits per heavy atom. The van der Waals surface area contributed by atoms with Crippen molar-refractivity contribution in [1.82, 2.24) is 5.43 Å². The number of nitrogens with one attached hydrogen (secondary N) is 1. The average molecular weight is 304 g/mol. The maximum atomic E-state index is 12.2. The van der Waals surface area contributed by atoms with E-state index in [1.807, 2.05) is 0 Å². The number of hydrazone groups is 1. The second-order valence-electron chi connectivity index (χ2n) is 5.46. The number of carbonyl (C=O) groups excluding carboxylic acids is 1. The number of benzene rings is 1. The van der Waals surface area contributed by atoms with Crippen LogP contribution in [0.4, 0.5) is 0 Å². The van der Waals surface area contributed by atoms with E-state index in [9.17, 15) is 4.79 Å². The van der Waals surface area contributed by atoms with Gasteiger partial charge in [-0.2, -0.15) is 5.10 Å². The molecule has 2 rings (SSSR count). The lowest BCUT2D eigenvalue weighted by molar-refractivity contribution is 0.0954. The lowest BCUT2D eigenvalue weighted by Gasteiger charge is -2.11. The zero-order valence-corrected chi connectivity index (χ0v) is 13.4. The van der Waals surface area contributed by atoms with Crippen molar-refractivity contribution < 1.29 is 14.3 Å². The SMILES string of the molecule is COc1ccc(C(=O)NN=C2CCCCCCC2)cc1OC. The van der Waals surface area contributed by atoms with Crippen LogP contribution in [0.25, 0.3) is 0 Å². The van der Waals surface area contributed by atoms with Crippen LogP contribution in [0.2, 0.25) is 0 Å². The predicted octanol–water partition coefficient (Wildman–Crippen LogP) is 3.53. The second-order valence-corrected chi connectivity index (χ2v) is 5.46. The average Bonchev–Trinajstić information content (AvgIpc) is 2.52. The Hall–Kier alpha value is -2.04. The highest BCUT2D eigenvalue weighted by atomic mass is 16.5. The largest absolute Gasteiger partial charge is 0.493 e. The molecule has 1 aliphatic rings. The molecule has 0 spiro atoms. The van der Waals surface area contributed by atoms with E-state index >= 15 is 0 Å². The summed E-state index contributed by atoms with van der Waals surface area (Å²) in [7, 11) is 3.12. The molecule has 1 aromatic rings. The fraction of sp³-hybridized carbons (Fsp3) is 0.529. The van der Waals surface area contributed by atoms with Crippen LogP contribution >= 0.6 is 0 Å². The maximum absolute atomic E-state index is 12.2. The lowest BCUT2D eigenvalue weighted by Crippen LogP contribution is -2.20. The molecule has 1 saturated carbocycles. The van der Waals surface area contributed by atoms with Crippen molar-refractivity contribution in [1.29, 1.82) is 0 Å². The minimum atomic E-state index is -0.226. The van der Waals surface area contributed by atoms with Gasteiger partial charge >= 0.3 is 0 Å². The number of nitrogens with zero attached hydrogens (tertiary/aromatic N) is 1. The molecule has 0 heterocycles. The van der Waals surface area contributed by atoms with Crippen molar-refractivity contribution >= 4 is 11.6 Å². The van der Waals surface area contributed by atoms with Crippen LogP contribution in [0, 0.1) is 0 Å². The van der Waals surface area contributed by atoms with Gasteiger partial charge in [-0.15, -0.1) is 0 Å². The van der Waals surface area contributed by atoms with Gasteiger partial charge in [-0.3, -0.25) is 4.79 Å². The monoisotopic (exact) mass is 304 g/mol. The van der Waals surface area contributed by atoms with Gasteiger partial charge in [0.1, 0.15) is 0 Å². The third-order valence-corrected chi connectivity index (χ3v) is 3.89. The lowest BCUT2D eigenvalue weighted by atomic mass is 9.99. The Morgan fingerprint density at radius 1 is 1.00 bits per heavy atom. The molecule has 1 aromatic carbocycles. The molecule has 1 fully saturated rings. The van der Waals surface area contributed by atoms with Crippen molar-refractivity contribution in [3.05, 3.63) is 23.8 Å². The second kappa shape index (κ2) is 8.41. The first-order valence-corrected chi connectivity index (χ1v) is 7.82. The maximum Gasteiger partial charge on any atom is 0.271 e. The number of carbonyl (C=O) groups is 1. The van der Waals surface area contributed by atoms with Gasteiger partial charge in [-0.05, 0) is 43.9 Å². The van der Waals surface area contributed by atoms with E-state index < -0.39 is 0 Å². The molecule has 5 heteroatoms. The molecule has 22 heavy (non-hydrogen) atoms. The van der Waals surface area contributed by atoms with Crippen molar-refractivity contribution in [2.75, 3.05) is 14.2 Å². The van der Waals surface area contributed by atoms with Crippen molar-refractivity contribution in [3.63, 3.8) is 0 Å². The number of rotatable bonds is 4. The van der Waals surface area contributed by atoms with E-state index in [-0.39, 0.29) is 5.91 Å². The summed E-state index contributed by atoms with van der Waals surface area (Å²) in [4.78, 5) is 12.2. The third kappa shape index (κ3) is 4.48. The highest BCUT2D eigenvalue weighted by Gasteiger charge is 2.11. The van der Waals surface area contributed by atoms with E-state index in [4.69, 9.17) is 9.47 Å². The van der Waals surface area contributed by atoms with E-state index in [1.165, 1.54) is 19.3 Å². The number of ether oxygens (including phenoxy) is 2. The molecule has 1 N–H and O–H groups in total. The van der Waals surface area contributed by atoms with E-state index in [0.717, 1.165) is 31.4 Å². The van der Waals surface area contributed by atoms with Gasteiger partial charge in [0.05, 0.1) is 14.2 Å². The summed E-state index contributed by atoms with van der Waals surface area (Å²) in [6.07, 6.45) is 8.09. The Labute approximate surface area is 131 Å². The van der Waals surface area contributed by atoms with Crippen LogP contribution in [0.5, 0.6) is 11.5 Å². The Bertz CT molecular complexity index is 531. The number of amides is 1. The molecular weight excluding hydrogens is 280 g/mol. The number of hydrogen-bond donors (Lipinski definition) is 1. The Kier molecular flexibility index (Phi) is 6.25. The van der Waals surface area contributed by atoms with Crippen LogP contribution < -0.4 is 14.9 Å². The Morgan fingerprint density at radius 2 is 1.64 bits per heavy atom. The zero-order chi connectivity index (χ0) is 15.8. The molecule has 0 saturated heterocycles. The van der Waals surface area contributed by atoms with Crippen LogP contribution in [0.15, 0.2) is 23.3 Å². The fourth-order valence-electron chi connectivity index (χ4n) is 2.60. The van der Waals surface area contributed by atoms with Gasteiger partial charge in [0.2, 0.25) is 0 Å². The first-order valence-electron chi connectivity index (χ1n) is 7.82. The van der Waals surface area contributed by atoms with Gasteiger partial charge < -0.3 is 9.47 Å². The first-order chi connectivity index (χ1) is 10.7. The molecule has 0 aromatic heterocycles. The predicted molar refractivity (Wildman–Crippen MR) is 86.8 cm³/mol. The topological polar surface area (TPSA) is 59.9 Å². The molecule has 120 valence electrons. The first kappa shape index (κ1) is 16.3. The number of hydrogen-bond acceptors (Lipinski definition) is 4. The van der Waals surface area contributed by atoms with E-state index in [0.29, 0.717) is 17.1 Å². The van der Waals surface area contributed by atoms with Crippen molar-refractivity contribution in [3.8, 4) is 11.5 Å². The minimum Gasteiger partial charge on any atom is -0.493 e. The van der Waals surface area contributed by atoms with Crippen LogP contribution in [0.1, 0.15) is 55.3 Å². The quantitative estimate of drug-likeness (QED) is 0.866. The summed E-state index contributed by atoms with van der Waals surface area (Å²) in [6, 6.07) is 5.08. The third-order valence-electron chi connectivity index (χ3n) is 3.89. The minimum absolute atomic E-state index is 0.226. The standard InChI is InChI=1S/C17H24N2O3/c1-21-15-11-10-13(12-16(15)22-2)17(20)19-18-14-8-6-4-3-5-7-9-14/h10-12H,3-9H2,1-2H3,(H,19,20). The van der Waals surface area contributed by atoms with Crippen LogP contribution in [-0.2, 0) is 0 Å². The summed E-state index contributed by atoms with van der Waals surface area (Å²) in [5.41, 5.74) is 4.26. The van der Waals surface area contributed by atoms with Crippen LogP contribution in [-0.4, -0.2) is 25.8 Å². The molecule has 0 bridgehead atoms. The summed E-state index contributed by atoms with van der Waals surface area (Å²) in [6.45, 7) is 0. The fourth-order valence-corrected chi connectivity index (χ4v) is 2.60. The molecular formula is C17H24N2O3. The number of methoxy groups -OCH3 is 2. The molecule has 0 radical (unpaired) electrons. The molecule has 0 aliphatic heterocycles. The molecule has 0 unspecified atom stereocenters. The summed E-state index contributed by atoms with van der Waals surface area (Å²) in [5.74, 6) is 0.912. The van der Waals surface area contributed by atoms with Gasteiger partial charge in [0.15, 0.2) is 11.5 Å². The molecule has 5 nitrogen and oxygen atoms in total. The van der Waals surface area contributed by atoms with Crippen molar-refractivity contribution in [2.45, 2.75) is 44.9 Å². The Balaban J connectivity index is 2.01. The summed E-state index contributed by atoms with van der Waals surface area (Å²) >= 11 is 0. The van der Waals surface area contributed by atoms with E-state index in [2.05, 4.69) is 10.5 Å². The molecule has 1 aliphatic carbocycles. The van der Waals surface area contributed by atoms with Gasteiger partial charge in [-0.25, -0.2) is 5.43 Å². The summed E-state index contributed by atoms with van der Waals surface area (Å²) < 4.78 is 10.4. The van der Waals surface area contributed by atoms with Crippen LogP contribution in [0.3, 0.4) is 0 Å². The normalized spacial score (nSPS) is 15.5. The summed E-state index contributed by atoms with van der Waals surface area (Å²) in [5, 5.41) is 4.30. The van der Waals surface area contributed by atoms with Crippen molar-refractivity contribution in [2.24, 2.45) is 5.10 Å². The van der Waals surface area contributed by atoms with Gasteiger partial charge in [0, 0.05) is 11.3 Å². The highest BCUT2D eigenvalue weighted by Crippen LogP contribution is 2.27. The molecule has 0 atom stereocenters. The smallest absolute Gasteiger partial charge is 0.271 e. The van der Waals surface area contributed by atoms with E-state index in [1.54, 1.807) is 32.4 Å².